The SMILES string of the molecule is C=CC(=O)NCc1ccc(C(O)CCCBr)cc1. The van der Waals surface area contributed by atoms with Gasteiger partial charge in [0, 0.05) is 11.9 Å². The van der Waals surface area contributed by atoms with Crippen molar-refractivity contribution in [2.45, 2.75) is 25.5 Å². The van der Waals surface area contributed by atoms with Crippen LogP contribution in [0.5, 0.6) is 0 Å². The number of hydrogen-bond donors (Lipinski definition) is 2. The number of rotatable bonds is 7. The van der Waals surface area contributed by atoms with E-state index in [9.17, 15) is 9.90 Å². The van der Waals surface area contributed by atoms with Gasteiger partial charge in [0.1, 0.15) is 0 Å². The average molecular weight is 312 g/mol. The van der Waals surface area contributed by atoms with Crippen molar-refractivity contribution in [2.24, 2.45) is 0 Å². The van der Waals surface area contributed by atoms with Crippen molar-refractivity contribution in [3.63, 3.8) is 0 Å². The number of alkyl halides is 1. The summed E-state index contributed by atoms with van der Waals surface area (Å²) in [7, 11) is 0. The Morgan fingerprint density at radius 2 is 2.11 bits per heavy atom. The average Bonchev–Trinajstić information content (AvgIpc) is 2.42. The first kappa shape index (κ1) is 14.9. The lowest BCUT2D eigenvalue weighted by molar-refractivity contribution is -0.116. The van der Waals surface area contributed by atoms with Crippen LogP contribution in [0.4, 0.5) is 0 Å². The van der Waals surface area contributed by atoms with Crippen LogP contribution in [0.15, 0.2) is 36.9 Å². The number of carbonyl (C=O) groups excluding carboxylic acids is 1. The number of halogens is 1. The molecule has 1 amide bonds. The first-order valence-corrected chi connectivity index (χ1v) is 7.02. The van der Waals surface area contributed by atoms with Crippen molar-refractivity contribution in [3.8, 4) is 0 Å². The van der Waals surface area contributed by atoms with Crippen molar-refractivity contribution in [3.05, 3.63) is 48.0 Å². The summed E-state index contributed by atoms with van der Waals surface area (Å²) >= 11 is 3.34. The van der Waals surface area contributed by atoms with Gasteiger partial charge in [-0.2, -0.15) is 0 Å². The van der Waals surface area contributed by atoms with Gasteiger partial charge in [0.2, 0.25) is 5.91 Å². The van der Waals surface area contributed by atoms with Crippen LogP contribution in [-0.4, -0.2) is 16.3 Å². The highest BCUT2D eigenvalue weighted by atomic mass is 79.9. The van der Waals surface area contributed by atoms with Gasteiger partial charge in [-0.25, -0.2) is 0 Å². The summed E-state index contributed by atoms with van der Waals surface area (Å²) in [4.78, 5) is 11.0. The van der Waals surface area contributed by atoms with Crippen LogP contribution in [0.2, 0.25) is 0 Å². The minimum Gasteiger partial charge on any atom is -0.388 e. The smallest absolute Gasteiger partial charge is 0.243 e. The molecule has 0 aliphatic rings. The molecule has 0 saturated carbocycles. The summed E-state index contributed by atoms with van der Waals surface area (Å²) in [5, 5.41) is 13.5. The Morgan fingerprint density at radius 1 is 1.44 bits per heavy atom. The van der Waals surface area contributed by atoms with Crippen LogP contribution >= 0.6 is 15.9 Å². The summed E-state index contributed by atoms with van der Waals surface area (Å²) in [6, 6.07) is 7.62. The minimum absolute atomic E-state index is 0.184. The standard InChI is InChI=1S/C14H18BrNO2/c1-2-14(18)16-10-11-5-7-12(8-6-11)13(17)4-3-9-15/h2,5-8,13,17H,1,3-4,9-10H2,(H,16,18). The largest absolute Gasteiger partial charge is 0.388 e. The summed E-state index contributed by atoms with van der Waals surface area (Å²) in [6.45, 7) is 3.86. The number of benzene rings is 1. The van der Waals surface area contributed by atoms with Crippen LogP contribution in [-0.2, 0) is 11.3 Å². The molecule has 1 rings (SSSR count). The van der Waals surface area contributed by atoms with Gasteiger partial charge in [-0.15, -0.1) is 0 Å². The maximum absolute atomic E-state index is 11.0. The summed E-state index contributed by atoms with van der Waals surface area (Å²) < 4.78 is 0. The predicted octanol–water partition coefficient (Wildman–Crippen LogP) is 2.70. The van der Waals surface area contributed by atoms with E-state index in [-0.39, 0.29) is 5.91 Å². The third kappa shape index (κ3) is 5.02. The predicted molar refractivity (Wildman–Crippen MR) is 76.5 cm³/mol. The maximum Gasteiger partial charge on any atom is 0.243 e. The van der Waals surface area contributed by atoms with Crippen LogP contribution in [0.1, 0.15) is 30.1 Å². The first-order chi connectivity index (χ1) is 8.67. The maximum atomic E-state index is 11.0. The molecule has 0 bridgehead atoms. The van der Waals surface area contributed by atoms with E-state index in [4.69, 9.17) is 0 Å². The third-order valence-corrected chi connectivity index (χ3v) is 3.19. The lowest BCUT2D eigenvalue weighted by Crippen LogP contribution is -2.19. The molecular formula is C14H18BrNO2. The molecule has 1 atom stereocenters. The van der Waals surface area contributed by atoms with E-state index in [2.05, 4.69) is 27.8 Å². The number of nitrogens with one attached hydrogen (secondary N) is 1. The fourth-order valence-corrected chi connectivity index (χ4v) is 1.88. The molecule has 1 aromatic rings. The van der Waals surface area contributed by atoms with Gasteiger partial charge >= 0.3 is 0 Å². The Bertz CT molecular complexity index is 389. The van der Waals surface area contributed by atoms with Crippen molar-refractivity contribution in [2.75, 3.05) is 5.33 Å². The number of hydrogen-bond acceptors (Lipinski definition) is 2. The van der Waals surface area contributed by atoms with Gasteiger partial charge in [-0.1, -0.05) is 46.8 Å². The molecule has 3 nitrogen and oxygen atoms in total. The lowest BCUT2D eigenvalue weighted by Gasteiger charge is -2.11. The second-order valence-electron chi connectivity index (χ2n) is 4.01. The molecule has 0 aliphatic carbocycles. The molecule has 1 aromatic carbocycles. The van der Waals surface area contributed by atoms with E-state index < -0.39 is 6.10 Å². The van der Waals surface area contributed by atoms with Crippen LogP contribution in [0.25, 0.3) is 0 Å². The van der Waals surface area contributed by atoms with Crippen molar-refractivity contribution < 1.29 is 9.90 Å². The number of carbonyl (C=O) groups is 1. The molecule has 0 aromatic heterocycles. The van der Waals surface area contributed by atoms with Gasteiger partial charge in [0.05, 0.1) is 6.10 Å². The van der Waals surface area contributed by atoms with Crippen molar-refractivity contribution in [1.82, 2.24) is 5.32 Å². The molecular weight excluding hydrogens is 294 g/mol. The molecule has 1 unspecified atom stereocenters. The highest BCUT2D eigenvalue weighted by Crippen LogP contribution is 2.19. The first-order valence-electron chi connectivity index (χ1n) is 5.90. The Hall–Kier alpha value is -1.13. The third-order valence-electron chi connectivity index (χ3n) is 2.63. The van der Waals surface area contributed by atoms with E-state index in [0.29, 0.717) is 6.54 Å². The zero-order valence-corrected chi connectivity index (χ0v) is 11.8. The van der Waals surface area contributed by atoms with Crippen molar-refractivity contribution in [1.29, 1.82) is 0 Å². The minimum atomic E-state index is -0.417. The topological polar surface area (TPSA) is 49.3 Å². The lowest BCUT2D eigenvalue weighted by atomic mass is 10.0. The van der Waals surface area contributed by atoms with Gasteiger partial charge < -0.3 is 10.4 Å². The number of aliphatic hydroxyl groups is 1. The molecule has 4 heteroatoms. The van der Waals surface area contributed by atoms with E-state index in [1.54, 1.807) is 0 Å². The molecule has 2 N–H and O–H groups in total. The van der Waals surface area contributed by atoms with Gasteiger partial charge in [-0.3, -0.25) is 4.79 Å². The Balaban J connectivity index is 2.51. The van der Waals surface area contributed by atoms with E-state index in [1.165, 1.54) is 6.08 Å². The zero-order valence-electron chi connectivity index (χ0n) is 10.2. The Labute approximate surface area is 116 Å². The Morgan fingerprint density at radius 3 is 2.67 bits per heavy atom. The van der Waals surface area contributed by atoms with Gasteiger partial charge in [0.25, 0.3) is 0 Å². The fraction of sp³-hybridized carbons (Fsp3) is 0.357. The van der Waals surface area contributed by atoms with E-state index in [1.807, 2.05) is 24.3 Å². The number of amides is 1. The number of aliphatic hydroxyl groups excluding tert-OH is 1. The highest BCUT2D eigenvalue weighted by molar-refractivity contribution is 9.09. The fourth-order valence-electron chi connectivity index (χ4n) is 1.56. The summed E-state index contributed by atoms with van der Waals surface area (Å²) in [6.07, 6.45) is 2.52. The summed E-state index contributed by atoms with van der Waals surface area (Å²) in [5.41, 5.74) is 1.91. The normalized spacial score (nSPS) is 11.9. The van der Waals surface area contributed by atoms with E-state index in [0.717, 1.165) is 29.3 Å². The van der Waals surface area contributed by atoms with Gasteiger partial charge in [-0.05, 0) is 30.0 Å². The second kappa shape index (κ2) is 8.06. The van der Waals surface area contributed by atoms with Crippen molar-refractivity contribution >= 4 is 21.8 Å². The molecule has 18 heavy (non-hydrogen) atoms. The second-order valence-corrected chi connectivity index (χ2v) is 4.80. The van der Waals surface area contributed by atoms with Gasteiger partial charge in [0.15, 0.2) is 0 Å². The van der Waals surface area contributed by atoms with Crippen LogP contribution < -0.4 is 5.32 Å². The quantitative estimate of drug-likeness (QED) is 0.601. The molecule has 0 radical (unpaired) electrons. The molecule has 98 valence electrons. The summed E-state index contributed by atoms with van der Waals surface area (Å²) in [5.74, 6) is -0.184. The van der Waals surface area contributed by atoms with Crippen LogP contribution in [0.3, 0.4) is 0 Å². The molecule has 0 heterocycles. The Kier molecular flexibility index (Phi) is 6.68. The molecule has 0 spiro atoms. The monoisotopic (exact) mass is 311 g/mol. The van der Waals surface area contributed by atoms with E-state index >= 15 is 0 Å². The molecule has 0 aliphatic heterocycles. The highest BCUT2D eigenvalue weighted by Gasteiger charge is 2.06. The molecule has 0 fully saturated rings. The molecule has 0 saturated heterocycles. The zero-order chi connectivity index (χ0) is 13.4. The van der Waals surface area contributed by atoms with Crippen LogP contribution in [0, 0.1) is 0 Å².